The number of halogens is 2. The van der Waals surface area contributed by atoms with Crippen molar-refractivity contribution >= 4 is 52.2 Å². The third-order valence-corrected chi connectivity index (χ3v) is 6.42. The van der Waals surface area contributed by atoms with Gasteiger partial charge in [-0.25, -0.2) is 0 Å². The van der Waals surface area contributed by atoms with E-state index in [9.17, 15) is 14.9 Å². The summed E-state index contributed by atoms with van der Waals surface area (Å²) >= 11 is 13.4. The molecular weight excluding hydrogens is 477 g/mol. The molecule has 0 saturated heterocycles. The van der Waals surface area contributed by atoms with Crippen LogP contribution in [-0.2, 0) is 18.4 Å². The fourth-order valence-electron chi connectivity index (χ4n) is 2.77. The summed E-state index contributed by atoms with van der Waals surface area (Å²) in [4.78, 5) is 22.6. The molecule has 9 nitrogen and oxygen atoms in total. The summed E-state index contributed by atoms with van der Waals surface area (Å²) in [6, 6.07) is 7.54. The van der Waals surface area contributed by atoms with E-state index in [1.807, 2.05) is 26.0 Å². The first-order valence-corrected chi connectivity index (χ1v) is 11.0. The Bertz CT molecular complexity index is 1160. The molecular formula is C20H19Cl2N5O4S. The van der Waals surface area contributed by atoms with Crippen LogP contribution in [0, 0.1) is 24.0 Å². The van der Waals surface area contributed by atoms with E-state index in [-0.39, 0.29) is 34.7 Å². The lowest BCUT2D eigenvalue weighted by Gasteiger charge is -2.10. The number of nitrogens with zero attached hydrogens (tertiary/aromatic N) is 4. The number of hydrogen-bond donors (Lipinski definition) is 1. The van der Waals surface area contributed by atoms with Gasteiger partial charge in [0.15, 0.2) is 11.0 Å². The first kappa shape index (κ1) is 23.8. The van der Waals surface area contributed by atoms with Crippen molar-refractivity contribution in [2.75, 3.05) is 11.1 Å². The first-order chi connectivity index (χ1) is 15.2. The van der Waals surface area contributed by atoms with Crippen LogP contribution in [0.1, 0.15) is 17.0 Å². The second-order valence-electron chi connectivity index (χ2n) is 6.88. The summed E-state index contributed by atoms with van der Waals surface area (Å²) in [7, 11) is 1.77. The van der Waals surface area contributed by atoms with E-state index in [2.05, 4.69) is 15.5 Å². The largest absolute Gasteiger partial charge is 0.486 e. The quantitative estimate of drug-likeness (QED) is 0.267. The van der Waals surface area contributed by atoms with E-state index < -0.39 is 4.92 Å². The molecule has 1 heterocycles. The Balaban J connectivity index is 1.58. The van der Waals surface area contributed by atoms with Gasteiger partial charge in [0.1, 0.15) is 12.4 Å². The van der Waals surface area contributed by atoms with Gasteiger partial charge in [-0.1, -0.05) is 35.0 Å². The molecule has 0 bridgehead atoms. The topological polar surface area (TPSA) is 112 Å². The fraction of sp³-hybridized carbons (Fsp3) is 0.250. The average Bonchev–Trinajstić information content (AvgIpc) is 3.09. The smallest absolute Gasteiger partial charge is 0.271 e. The number of nitro benzene ring substituents is 1. The minimum atomic E-state index is -0.559. The van der Waals surface area contributed by atoms with Crippen LogP contribution in [0.4, 0.5) is 11.4 Å². The predicted molar refractivity (Wildman–Crippen MR) is 124 cm³/mol. The molecule has 0 aliphatic carbocycles. The Morgan fingerprint density at radius 3 is 2.56 bits per heavy atom. The lowest BCUT2D eigenvalue weighted by molar-refractivity contribution is -0.384. The van der Waals surface area contributed by atoms with Gasteiger partial charge >= 0.3 is 0 Å². The molecule has 32 heavy (non-hydrogen) atoms. The van der Waals surface area contributed by atoms with Crippen molar-refractivity contribution < 1.29 is 14.5 Å². The van der Waals surface area contributed by atoms with Crippen molar-refractivity contribution in [3.63, 3.8) is 0 Å². The number of benzene rings is 2. The van der Waals surface area contributed by atoms with E-state index in [1.54, 1.807) is 11.6 Å². The summed E-state index contributed by atoms with van der Waals surface area (Å²) in [6.45, 7) is 4.01. The van der Waals surface area contributed by atoms with Crippen LogP contribution < -0.4 is 10.1 Å². The van der Waals surface area contributed by atoms with Gasteiger partial charge in [0, 0.05) is 24.2 Å². The number of aromatic nitrogens is 3. The molecule has 0 unspecified atom stereocenters. The number of non-ortho nitro benzene ring substituents is 1. The standard InChI is InChI=1S/C20H19Cl2N5O4S/c1-11-6-14(7-12(2)19(11)22)31-9-17-24-25-20(26(17)3)32-10-18(28)23-16-8-13(27(29)30)4-5-15(16)21/h4-8H,9-10H2,1-3H3,(H,23,28). The number of carbonyl (C=O) groups is 1. The number of carbonyl (C=O) groups excluding carboxylic acids is 1. The van der Waals surface area contributed by atoms with Gasteiger partial charge in [0.05, 0.1) is 21.4 Å². The highest BCUT2D eigenvalue weighted by Gasteiger charge is 2.15. The Hall–Kier alpha value is -2.82. The van der Waals surface area contributed by atoms with Gasteiger partial charge in [-0.05, 0) is 43.2 Å². The highest BCUT2D eigenvalue weighted by molar-refractivity contribution is 7.99. The molecule has 0 saturated carbocycles. The molecule has 0 fully saturated rings. The molecule has 168 valence electrons. The Morgan fingerprint density at radius 1 is 1.22 bits per heavy atom. The molecule has 3 aromatic rings. The van der Waals surface area contributed by atoms with Crippen molar-refractivity contribution in [1.82, 2.24) is 14.8 Å². The highest BCUT2D eigenvalue weighted by atomic mass is 35.5. The van der Waals surface area contributed by atoms with Gasteiger partial charge in [-0.2, -0.15) is 0 Å². The normalized spacial score (nSPS) is 10.8. The third kappa shape index (κ3) is 5.70. The molecule has 0 spiro atoms. The van der Waals surface area contributed by atoms with Gasteiger partial charge in [0.25, 0.3) is 5.69 Å². The van der Waals surface area contributed by atoms with E-state index in [1.165, 1.54) is 30.0 Å². The molecule has 0 atom stereocenters. The predicted octanol–water partition coefficient (Wildman–Crippen LogP) is 4.96. The van der Waals surface area contributed by atoms with E-state index in [0.717, 1.165) is 11.1 Å². The molecule has 3 rings (SSSR count). The van der Waals surface area contributed by atoms with Gasteiger partial charge in [-0.3, -0.25) is 14.9 Å². The monoisotopic (exact) mass is 495 g/mol. The van der Waals surface area contributed by atoms with Crippen LogP contribution in [-0.4, -0.2) is 31.3 Å². The zero-order valence-electron chi connectivity index (χ0n) is 17.4. The minimum absolute atomic E-state index is 0.0153. The van der Waals surface area contributed by atoms with Crippen LogP contribution in [0.2, 0.25) is 10.0 Å². The van der Waals surface area contributed by atoms with E-state index in [4.69, 9.17) is 27.9 Å². The summed E-state index contributed by atoms with van der Waals surface area (Å²) in [5, 5.41) is 23.1. The molecule has 1 N–H and O–H groups in total. The van der Waals surface area contributed by atoms with Gasteiger partial charge in [0.2, 0.25) is 5.91 Å². The van der Waals surface area contributed by atoms with Crippen LogP contribution in [0.25, 0.3) is 0 Å². The fourth-order valence-corrected chi connectivity index (χ4v) is 3.78. The molecule has 0 aliphatic rings. The number of thioether (sulfide) groups is 1. The van der Waals surface area contributed by atoms with E-state index in [0.29, 0.717) is 21.8 Å². The summed E-state index contributed by atoms with van der Waals surface area (Å²) < 4.78 is 7.54. The number of amides is 1. The zero-order valence-corrected chi connectivity index (χ0v) is 19.7. The lowest BCUT2D eigenvalue weighted by Crippen LogP contribution is -2.15. The number of rotatable bonds is 8. The van der Waals surface area contributed by atoms with Gasteiger partial charge < -0.3 is 14.6 Å². The second-order valence-corrected chi connectivity index (χ2v) is 8.60. The van der Waals surface area contributed by atoms with Crippen molar-refractivity contribution in [2.45, 2.75) is 25.6 Å². The second kappa shape index (κ2) is 10.2. The molecule has 1 aromatic heterocycles. The molecule has 0 radical (unpaired) electrons. The first-order valence-electron chi connectivity index (χ1n) is 9.30. The third-order valence-electron chi connectivity index (χ3n) is 4.47. The Labute approximate surface area is 198 Å². The van der Waals surface area contributed by atoms with Crippen LogP contribution in [0.5, 0.6) is 5.75 Å². The van der Waals surface area contributed by atoms with E-state index >= 15 is 0 Å². The van der Waals surface area contributed by atoms with Crippen molar-refractivity contribution in [3.05, 3.63) is 67.4 Å². The lowest BCUT2D eigenvalue weighted by atomic mass is 10.1. The number of hydrogen-bond acceptors (Lipinski definition) is 7. The molecule has 1 amide bonds. The van der Waals surface area contributed by atoms with Crippen molar-refractivity contribution in [1.29, 1.82) is 0 Å². The van der Waals surface area contributed by atoms with Crippen molar-refractivity contribution in [3.8, 4) is 5.75 Å². The Kier molecular flexibility index (Phi) is 7.60. The molecule has 2 aromatic carbocycles. The molecule has 12 heteroatoms. The number of ether oxygens (including phenoxy) is 1. The average molecular weight is 496 g/mol. The minimum Gasteiger partial charge on any atom is -0.486 e. The SMILES string of the molecule is Cc1cc(OCc2nnc(SCC(=O)Nc3cc([N+](=O)[O-])ccc3Cl)n2C)cc(C)c1Cl. The maximum Gasteiger partial charge on any atom is 0.271 e. The number of nitrogens with one attached hydrogen (secondary N) is 1. The number of anilines is 1. The van der Waals surface area contributed by atoms with Crippen LogP contribution in [0.3, 0.4) is 0 Å². The van der Waals surface area contributed by atoms with Crippen LogP contribution >= 0.6 is 35.0 Å². The summed E-state index contributed by atoms with van der Waals surface area (Å²) in [5.74, 6) is 0.890. The summed E-state index contributed by atoms with van der Waals surface area (Å²) in [5.41, 5.74) is 1.85. The maximum atomic E-state index is 12.3. The van der Waals surface area contributed by atoms with Crippen LogP contribution in [0.15, 0.2) is 35.5 Å². The zero-order chi connectivity index (χ0) is 23.4. The van der Waals surface area contributed by atoms with Gasteiger partial charge in [-0.15, -0.1) is 10.2 Å². The number of nitro groups is 1. The Morgan fingerprint density at radius 2 is 1.91 bits per heavy atom. The molecule has 0 aliphatic heterocycles. The van der Waals surface area contributed by atoms with Crippen molar-refractivity contribution in [2.24, 2.45) is 7.05 Å². The highest BCUT2D eigenvalue weighted by Crippen LogP contribution is 2.28. The number of aryl methyl sites for hydroxylation is 2. The summed E-state index contributed by atoms with van der Waals surface area (Å²) in [6.07, 6.45) is 0. The maximum absolute atomic E-state index is 12.3.